The molecule has 0 saturated heterocycles. The van der Waals surface area contributed by atoms with Crippen LogP contribution in [0.5, 0.6) is 0 Å². The van der Waals surface area contributed by atoms with Crippen LogP contribution in [-0.4, -0.2) is 9.13 Å². The normalized spacial score (nSPS) is 11.5. The van der Waals surface area contributed by atoms with Gasteiger partial charge in [0.1, 0.15) is 0 Å². The van der Waals surface area contributed by atoms with E-state index in [-0.39, 0.29) is 0 Å². The molecule has 0 radical (unpaired) electrons. The second-order valence-corrected chi connectivity index (χ2v) is 26.8. The fraction of sp³-hybridized carbons (Fsp3) is 0. The third-order valence-corrected chi connectivity index (χ3v) is 20.8. The summed E-state index contributed by atoms with van der Waals surface area (Å²) in [4.78, 5) is 4.66. The summed E-state index contributed by atoms with van der Waals surface area (Å²) >= 11 is 0. The molecular weight excluding hydrogens is 1260 g/mol. The van der Waals surface area contributed by atoms with Crippen LogP contribution < -0.4 is 9.80 Å². The average Bonchev–Trinajstić information content (AvgIpc) is 1.71. The first-order valence-electron chi connectivity index (χ1n) is 35.7. The molecule has 4 nitrogen and oxygen atoms in total. The summed E-state index contributed by atoms with van der Waals surface area (Å²) in [6.07, 6.45) is 0. The third kappa shape index (κ3) is 11.2. The Morgan fingerprint density at radius 3 is 0.837 bits per heavy atom. The molecule has 2 aromatic heterocycles. The summed E-state index contributed by atoms with van der Waals surface area (Å²) < 4.78 is 4.73. The Labute approximate surface area is 604 Å². The molecule has 20 rings (SSSR count). The van der Waals surface area contributed by atoms with Gasteiger partial charge in [-0.3, -0.25) is 0 Å². The molecule has 0 atom stereocenters. The first-order valence-corrected chi connectivity index (χ1v) is 35.7. The van der Waals surface area contributed by atoms with Crippen LogP contribution in [0.3, 0.4) is 0 Å². The van der Waals surface area contributed by atoms with E-state index in [0.29, 0.717) is 0 Å². The zero-order valence-corrected chi connectivity index (χ0v) is 57.0. The molecule has 104 heavy (non-hydrogen) atoms. The number of hydrogen-bond donors (Lipinski definition) is 0. The van der Waals surface area contributed by atoms with Gasteiger partial charge in [-0.05, 0) is 221 Å². The molecule has 0 spiro atoms. The maximum Gasteiger partial charge on any atom is 0.0541 e. The van der Waals surface area contributed by atoms with Gasteiger partial charge in [-0.2, -0.15) is 0 Å². The van der Waals surface area contributed by atoms with E-state index in [0.717, 1.165) is 45.5 Å². The molecule has 0 aliphatic rings. The van der Waals surface area contributed by atoms with Crippen molar-refractivity contribution in [2.24, 2.45) is 0 Å². The van der Waals surface area contributed by atoms with E-state index in [2.05, 4.69) is 431 Å². The highest BCUT2D eigenvalue weighted by Crippen LogP contribution is 2.43. The quantitative estimate of drug-likeness (QED) is 0.113. The maximum atomic E-state index is 2.36. The van der Waals surface area contributed by atoms with Crippen molar-refractivity contribution in [3.05, 3.63) is 413 Å². The van der Waals surface area contributed by atoms with Gasteiger partial charge in [-0.25, -0.2) is 0 Å². The predicted molar refractivity (Wildman–Crippen MR) is 443 cm³/mol. The summed E-state index contributed by atoms with van der Waals surface area (Å²) in [6.45, 7) is 0. The van der Waals surface area contributed by atoms with Crippen molar-refractivity contribution in [3.8, 4) is 55.9 Å². The highest BCUT2D eigenvalue weighted by Gasteiger charge is 2.19. The van der Waals surface area contributed by atoms with Gasteiger partial charge in [0.2, 0.25) is 0 Å². The molecule has 0 unspecified atom stereocenters. The van der Waals surface area contributed by atoms with Crippen LogP contribution in [0, 0.1) is 0 Å². The minimum absolute atomic E-state index is 1.11. The number of anilines is 6. The molecule has 20 aromatic rings. The molecule has 488 valence electrons. The predicted octanol–water partition coefficient (Wildman–Crippen LogP) is 27.8. The molecule has 0 fully saturated rings. The Kier molecular flexibility index (Phi) is 15.5. The number of para-hydroxylation sites is 6. The van der Waals surface area contributed by atoms with Gasteiger partial charge < -0.3 is 18.9 Å². The molecule has 0 aliphatic carbocycles. The minimum Gasteiger partial charge on any atom is -0.311 e. The van der Waals surface area contributed by atoms with Crippen molar-refractivity contribution in [2.45, 2.75) is 0 Å². The largest absolute Gasteiger partial charge is 0.311 e. The van der Waals surface area contributed by atoms with Gasteiger partial charge >= 0.3 is 0 Å². The van der Waals surface area contributed by atoms with Crippen LogP contribution in [0.4, 0.5) is 34.1 Å². The second kappa shape index (κ2) is 26.4. The van der Waals surface area contributed by atoms with Crippen LogP contribution in [0.25, 0.3) is 143 Å². The lowest BCUT2D eigenvalue weighted by atomic mass is 9.93. The van der Waals surface area contributed by atoms with Crippen LogP contribution >= 0.6 is 0 Å². The van der Waals surface area contributed by atoms with Gasteiger partial charge in [0, 0.05) is 67.0 Å². The van der Waals surface area contributed by atoms with Crippen LogP contribution in [-0.2, 0) is 0 Å². The van der Waals surface area contributed by atoms with Crippen molar-refractivity contribution < 1.29 is 0 Å². The Morgan fingerprint density at radius 2 is 0.423 bits per heavy atom. The van der Waals surface area contributed by atoms with Gasteiger partial charge in [-0.15, -0.1) is 0 Å². The first kappa shape index (κ1) is 61.3. The summed E-state index contributed by atoms with van der Waals surface area (Å²) in [6, 6.07) is 149. The summed E-state index contributed by atoms with van der Waals surface area (Å²) in [5, 5.41) is 15.3. The number of fused-ring (bicyclic) bond motifs is 12. The Morgan fingerprint density at radius 1 is 0.154 bits per heavy atom. The minimum atomic E-state index is 1.11. The number of nitrogens with zero attached hydrogens (tertiary/aromatic N) is 4. The summed E-state index contributed by atoms with van der Waals surface area (Å²) in [5.74, 6) is 0. The topological polar surface area (TPSA) is 16.3 Å². The lowest BCUT2D eigenvalue weighted by molar-refractivity contribution is 1.18. The highest BCUT2D eigenvalue weighted by molar-refractivity contribution is 6.15. The standard InChI is InChI=1S/2C50H34N2/c1-2-11-41(12-3-1)51(43-30-26-37(27-31-43)40-21-20-39-19-18-38-10-4-5-13-45(38)48(39)34-40)42-28-22-35(23-29-42)36-24-32-44(33-25-36)52-49-16-8-6-14-46(49)47-15-7-9-17-50(47)52;1-2-13-39(14-3-1)51(41-32-26-37(27-33-41)48-34-38-12-4-5-15-43(38)44-16-6-7-17-45(44)48)40-28-22-35(23-29-40)36-24-30-42(31-25-36)52-49-20-10-8-18-46(49)47-19-9-11-21-50(47)52/h2*1-34H. The number of hydrogen-bond acceptors (Lipinski definition) is 2. The molecule has 0 bridgehead atoms. The zero-order chi connectivity index (χ0) is 68.9. The van der Waals surface area contributed by atoms with E-state index in [1.807, 2.05) is 0 Å². The van der Waals surface area contributed by atoms with Crippen molar-refractivity contribution in [3.63, 3.8) is 0 Å². The van der Waals surface area contributed by atoms with E-state index in [1.165, 1.54) is 131 Å². The molecular formula is C100H68N4. The number of benzene rings is 18. The smallest absolute Gasteiger partial charge is 0.0541 e. The number of aromatic nitrogens is 2. The molecule has 18 aromatic carbocycles. The molecule has 0 aliphatic heterocycles. The van der Waals surface area contributed by atoms with Crippen LogP contribution in [0.2, 0.25) is 0 Å². The van der Waals surface area contributed by atoms with Crippen molar-refractivity contribution in [2.75, 3.05) is 9.80 Å². The average molecular weight is 1330 g/mol. The van der Waals surface area contributed by atoms with E-state index in [1.54, 1.807) is 0 Å². The number of rotatable bonds is 12. The van der Waals surface area contributed by atoms with Crippen molar-refractivity contribution in [1.82, 2.24) is 9.13 Å². The molecule has 0 N–H and O–H groups in total. The summed E-state index contributed by atoms with van der Waals surface area (Å²) in [5.41, 5.74) is 23.5. The molecule has 0 amide bonds. The van der Waals surface area contributed by atoms with Gasteiger partial charge in [0.05, 0.1) is 22.1 Å². The second-order valence-electron chi connectivity index (χ2n) is 26.8. The lowest BCUT2D eigenvalue weighted by Gasteiger charge is -2.26. The fourth-order valence-electron chi connectivity index (χ4n) is 15.7. The van der Waals surface area contributed by atoms with E-state index in [4.69, 9.17) is 0 Å². The third-order valence-electron chi connectivity index (χ3n) is 20.8. The molecule has 4 heteroatoms. The van der Waals surface area contributed by atoms with Crippen molar-refractivity contribution in [1.29, 1.82) is 0 Å². The Bertz CT molecular complexity index is 6420. The monoisotopic (exact) mass is 1320 g/mol. The Balaban J connectivity index is 0.000000143. The van der Waals surface area contributed by atoms with Crippen LogP contribution in [0.1, 0.15) is 0 Å². The Hall–Kier alpha value is -13.8. The van der Waals surface area contributed by atoms with Crippen molar-refractivity contribution >= 4 is 121 Å². The highest BCUT2D eigenvalue weighted by atomic mass is 15.1. The fourth-order valence-corrected chi connectivity index (χ4v) is 15.7. The SMILES string of the molecule is c1ccc(N(c2ccc(-c3ccc(-n4c5ccccc5c5ccccc54)cc3)cc2)c2ccc(-c3cc4ccccc4c4ccccc34)cc2)cc1.c1ccc(N(c2ccc(-c3ccc(-n4c5ccccc5c5ccccc54)cc3)cc2)c2ccc(-c3ccc4ccc5ccccc5c4c3)cc2)cc1. The van der Waals surface area contributed by atoms with E-state index >= 15 is 0 Å². The van der Waals surface area contributed by atoms with Gasteiger partial charge in [-0.1, -0.05) is 279 Å². The van der Waals surface area contributed by atoms with Gasteiger partial charge in [0.15, 0.2) is 0 Å². The maximum absolute atomic E-state index is 2.36. The van der Waals surface area contributed by atoms with E-state index < -0.39 is 0 Å². The first-order chi connectivity index (χ1) is 51.6. The van der Waals surface area contributed by atoms with Crippen LogP contribution in [0.15, 0.2) is 413 Å². The lowest BCUT2D eigenvalue weighted by Crippen LogP contribution is -2.09. The molecule has 0 saturated carbocycles. The van der Waals surface area contributed by atoms with Gasteiger partial charge in [0.25, 0.3) is 0 Å². The summed E-state index contributed by atoms with van der Waals surface area (Å²) in [7, 11) is 0. The molecule has 2 heterocycles. The van der Waals surface area contributed by atoms with E-state index in [9.17, 15) is 0 Å². The zero-order valence-electron chi connectivity index (χ0n) is 57.0.